The Morgan fingerprint density at radius 3 is 3.00 bits per heavy atom. The number of hydrogen-bond acceptors (Lipinski definition) is 4. The first-order valence-electron chi connectivity index (χ1n) is 4.25. The van der Waals surface area contributed by atoms with Gasteiger partial charge in [0, 0.05) is 9.86 Å². The molecule has 6 heteroatoms. The predicted octanol–water partition coefficient (Wildman–Crippen LogP) is 2.56. The fraction of sp³-hybridized carbons (Fsp3) is 0. The van der Waals surface area contributed by atoms with Crippen molar-refractivity contribution in [2.75, 3.05) is 0 Å². The topological polar surface area (TPSA) is 54.5 Å². The SMILES string of the molecule is Sc1nnc2c(n1)[nH]c1cc(Br)ccc12. The molecule has 0 amide bonds. The third-order valence-corrected chi connectivity index (χ3v) is 2.85. The van der Waals surface area contributed by atoms with Gasteiger partial charge in [-0.05, 0) is 18.2 Å². The molecule has 0 unspecified atom stereocenters. The maximum absolute atomic E-state index is 4.16. The van der Waals surface area contributed by atoms with Crippen molar-refractivity contribution in [3.05, 3.63) is 22.7 Å². The van der Waals surface area contributed by atoms with E-state index in [0.29, 0.717) is 10.8 Å². The molecule has 74 valence electrons. The van der Waals surface area contributed by atoms with E-state index in [1.165, 1.54) is 0 Å². The van der Waals surface area contributed by atoms with Crippen molar-refractivity contribution in [3.63, 3.8) is 0 Å². The van der Waals surface area contributed by atoms with E-state index in [2.05, 4.69) is 48.7 Å². The standard InChI is InChI=1S/C9H5BrN4S/c10-4-1-2-5-6(3-4)11-8-7(5)13-14-9(15)12-8/h1-3H,(H2,11,12,14,15). The van der Waals surface area contributed by atoms with Gasteiger partial charge in [0.15, 0.2) is 5.65 Å². The van der Waals surface area contributed by atoms with Crippen molar-refractivity contribution in [3.8, 4) is 0 Å². The third kappa shape index (κ3) is 1.40. The van der Waals surface area contributed by atoms with Gasteiger partial charge in [0.25, 0.3) is 0 Å². The first-order valence-corrected chi connectivity index (χ1v) is 5.49. The molecule has 0 aliphatic carbocycles. The van der Waals surface area contributed by atoms with Gasteiger partial charge in [-0.1, -0.05) is 15.9 Å². The van der Waals surface area contributed by atoms with Crippen LogP contribution in [0.15, 0.2) is 27.8 Å². The lowest BCUT2D eigenvalue weighted by molar-refractivity contribution is 0.883. The number of benzene rings is 1. The van der Waals surface area contributed by atoms with Crippen LogP contribution < -0.4 is 0 Å². The van der Waals surface area contributed by atoms with Crippen LogP contribution in [0.1, 0.15) is 0 Å². The highest BCUT2D eigenvalue weighted by Crippen LogP contribution is 2.24. The Hall–Kier alpha value is -1.14. The highest BCUT2D eigenvalue weighted by atomic mass is 79.9. The molecular weight excluding hydrogens is 276 g/mol. The van der Waals surface area contributed by atoms with Crippen LogP contribution in [0.5, 0.6) is 0 Å². The zero-order valence-electron chi connectivity index (χ0n) is 7.40. The molecule has 0 fully saturated rings. The van der Waals surface area contributed by atoms with Crippen LogP contribution in [0.3, 0.4) is 0 Å². The molecule has 0 saturated carbocycles. The smallest absolute Gasteiger partial charge is 0.207 e. The minimum atomic E-state index is 0.369. The largest absolute Gasteiger partial charge is 0.338 e. The molecule has 3 aromatic rings. The van der Waals surface area contributed by atoms with E-state index in [4.69, 9.17) is 0 Å². The fourth-order valence-electron chi connectivity index (χ4n) is 1.54. The molecule has 2 aromatic heterocycles. The van der Waals surface area contributed by atoms with Crippen LogP contribution in [0.4, 0.5) is 0 Å². The zero-order valence-corrected chi connectivity index (χ0v) is 9.88. The summed E-state index contributed by atoms with van der Waals surface area (Å²) >= 11 is 7.46. The molecule has 2 heterocycles. The number of thiol groups is 1. The molecule has 15 heavy (non-hydrogen) atoms. The molecule has 4 nitrogen and oxygen atoms in total. The van der Waals surface area contributed by atoms with Gasteiger partial charge in [0.2, 0.25) is 5.16 Å². The number of H-pyrrole nitrogens is 1. The summed E-state index contributed by atoms with van der Waals surface area (Å²) in [6.07, 6.45) is 0. The van der Waals surface area contributed by atoms with Crippen LogP contribution in [0.2, 0.25) is 0 Å². The second kappa shape index (κ2) is 3.18. The molecule has 0 saturated heterocycles. The monoisotopic (exact) mass is 280 g/mol. The molecule has 1 aromatic carbocycles. The lowest BCUT2D eigenvalue weighted by Crippen LogP contribution is -1.87. The number of aromatic amines is 1. The van der Waals surface area contributed by atoms with Gasteiger partial charge in [-0.3, -0.25) is 0 Å². The number of hydrogen-bond donors (Lipinski definition) is 2. The molecule has 0 radical (unpaired) electrons. The normalized spacial score (nSPS) is 11.3. The maximum Gasteiger partial charge on any atom is 0.207 e. The Kier molecular flexibility index (Phi) is 1.93. The van der Waals surface area contributed by atoms with E-state index in [0.717, 1.165) is 20.9 Å². The van der Waals surface area contributed by atoms with Crippen LogP contribution in [0.25, 0.3) is 22.1 Å². The van der Waals surface area contributed by atoms with Gasteiger partial charge >= 0.3 is 0 Å². The summed E-state index contributed by atoms with van der Waals surface area (Å²) in [7, 11) is 0. The van der Waals surface area contributed by atoms with E-state index >= 15 is 0 Å². The lowest BCUT2D eigenvalue weighted by Gasteiger charge is -1.90. The Bertz CT molecular complexity index is 607. The van der Waals surface area contributed by atoms with Crippen LogP contribution in [-0.2, 0) is 0 Å². The first-order chi connectivity index (χ1) is 7.24. The number of nitrogens with zero attached hydrogens (tertiary/aromatic N) is 3. The van der Waals surface area contributed by atoms with Gasteiger partial charge in [-0.15, -0.1) is 22.8 Å². The summed E-state index contributed by atoms with van der Waals surface area (Å²) < 4.78 is 1.01. The summed E-state index contributed by atoms with van der Waals surface area (Å²) in [5.41, 5.74) is 2.47. The van der Waals surface area contributed by atoms with E-state index in [9.17, 15) is 0 Å². The molecule has 0 bridgehead atoms. The fourth-order valence-corrected chi connectivity index (χ4v) is 2.05. The Morgan fingerprint density at radius 1 is 1.27 bits per heavy atom. The van der Waals surface area contributed by atoms with Crippen molar-refractivity contribution in [2.45, 2.75) is 5.16 Å². The molecular formula is C9H5BrN4S. The van der Waals surface area contributed by atoms with E-state index in [1.807, 2.05) is 18.2 Å². The summed E-state index contributed by atoms with van der Waals surface area (Å²) in [5.74, 6) is 0. The molecule has 0 spiro atoms. The number of fused-ring (bicyclic) bond motifs is 3. The van der Waals surface area contributed by atoms with Gasteiger partial charge in [-0.25, -0.2) is 4.98 Å². The summed E-state index contributed by atoms with van der Waals surface area (Å²) in [6, 6.07) is 5.93. The number of halogens is 1. The molecule has 3 rings (SSSR count). The van der Waals surface area contributed by atoms with Crippen molar-refractivity contribution in [2.24, 2.45) is 0 Å². The zero-order chi connectivity index (χ0) is 10.4. The predicted molar refractivity (Wildman–Crippen MR) is 64.1 cm³/mol. The summed E-state index contributed by atoms with van der Waals surface area (Å²) in [6.45, 7) is 0. The number of aromatic nitrogens is 4. The Balaban J connectivity index is 2.51. The van der Waals surface area contributed by atoms with Gasteiger partial charge in [0.1, 0.15) is 5.52 Å². The van der Waals surface area contributed by atoms with Crippen molar-refractivity contribution in [1.82, 2.24) is 20.2 Å². The highest BCUT2D eigenvalue weighted by Gasteiger charge is 2.07. The number of rotatable bonds is 0. The molecule has 1 N–H and O–H groups in total. The highest BCUT2D eigenvalue weighted by molar-refractivity contribution is 9.10. The van der Waals surface area contributed by atoms with E-state index < -0.39 is 0 Å². The summed E-state index contributed by atoms with van der Waals surface area (Å²) in [5, 5.41) is 9.27. The van der Waals surface area contributed by atoms with Crippen molar-refractivity contribution < 1.29 is 0 Å². The minimum Gasteiger partial charge on any atom is -0.338 e. The lowest BCUT2D eigenvalue weighted by atomic mass is 10.2. The Labute approximate surface area is 98.7 Å². The molecule has 0 aliphatic rings. The quantitative estimate of drug-likeness (QED) is 0.623. The van der Waals surface area contributed by atoms with Gasteiger partial charge < -0.3 is 4.98 Å². The van der Waals surface area contributed by atoms with Crippen LogP contribution in [0, 0.1) is 0 Å². The van der Waals surface area contributed by atoms with E-state index in [1.54, 1.807) is 0 Å². The average Bonchev–Trinajstić information content (AvgIpc) is 2.53. The van der Waals surface area contributed by atoms with Crippen molar-refractivity contribution >= 4 is 50.6 Å². The minimum absolute atomic E-state index is 0.369. The molecule has 0 atom stereocenters. The van der Waals surface area contributed by atoms with Crippen LogP contribution >= 0.6 is 28.6 Å². The van der Waals surface area contributed by atoms with Crippen LogP contribution in [-0.4, -0.2) is 20.2 Å². The average molecular weight is 281 g/mol. The van der Waals surface area contributed by atoms with Gasteiger partial charge in [0.05, 0.1) is 5.52 Å². The third-order valence-electron chi connectivity index (χ3n) is 2.17. The molecule has 0 aliphatic heterocycles. The maximum atomic E-state index is 4.16. The van der Waals surface area contributed by atoms with Gasteiger partial charge in [-0.2, -0.15) is 0 Å². The first kappa shape index (κ1) is 9.11. The van der Waals surface area contributed by atoms with Crippen molar-refractivity contribution in [1.29, 1.82) is 0 Å². The Morgan fingerprint density at radius 2 is 2.13 bits per heavy atom. The van der Waals surface area contributed by atoms with E-state index in [-0.39, 0.29) is 0 Å². The second-order valence-electron chi connectivity index (χ2n) is 3.12. The summed E-state index contributed by atoms with van der Waals surface area (Å²) in [4.78, 5) is 7.33. The second-order valence-corrected chi connectivity index (χ2v) is 4.44. The number of nitrogens with one attached hydrogen (secondary N) is 1.